The summed E-state index contributed by atoms with van der Waals surface area (Å²) in [5, 5.41) is 19.4. The summed E-state index contributed by atoms with van der Waals surface area (Å²) in [6, 6.07) is 0. The van der Waals surface area contributed by atoms with E-state index in [9.17, 15) is 9.59 Å². The third-order valence-corrected chi connectivity index (χ3v) is 1.64. The fourth-order valence-corrected chi connectivity index (χ4v) is 0.816. The lowest BCUT2D eigenvalue weighted by atomic mass is 10.2. The number of aliphatic carboxylic acids is 1. The first-order valence-corrected chi connectivity index (χ1v) is 4.45. The van der Waals surface area contributed by atoms with E-state index in [1.54, 1.807) is 0 Å². The maximum Gasteiger partial charge on any atom is 0.334 e. The largest absolute Gasteiger partial charge is 0.479 e. The van der Waals surface area contributed by atoms with Gasteiger partial charge in [-0.25, -0.2) is 4.79 Å². The Bertz CT molecular complexity index is 196. The molecule has 0 aliphatic heterocycles. The molecule has 0 aliphatic carbocycles. The number of aliphatic hydroxyl groups excluding tert-OH is 1. The molecule has 5 N–H and O–H groups in total. The second kappa shape index (κ2) is 7.28. The zero-order valence-electron chi connectivity index (χ0n) is 7.90. The highest BCUT2D eigenvalue weighted by Crippen LogP contribution is 1.93. The highest BCUT2D eigenvalue weighted by molar-refractivity contribution is 5.77. The molecule has 0 heterocycles. The van der Waals surface area contributed by atoms with Crippen molar-refractivity contribution in [2.24, 2.45) is 5.73 Å². The van der Waals surface area contributed by atoms with E-state index >= 15 is 0 Å². The molecule has 0 rings (SSSR count). The van der Waals surface area contributed by atoms with Crippen molar-refractivity contribution in [3.63, 3.8) is 0 Å². The minimum absolute atomic E-state index is 0.253. The summed E-state index contributed by atoms with van der Waals surface area (Å²) >= 11 is 0. The molecule has 6 nitrogen and oxygen atoms in total. The van der Waals surface area contributed by atoms with Crippen LogP contribution in [0.5, 0.6) is 0 Å². The molecule has 0 aromatic heterocycles. The number of aliphatic hydroxyl groups is 1. The maximum atomic E-state index is 11.0. The van der Waals surface area contributed by atoms with E-state index in [1.165, 1.54) is 0 Å². The number of hydrogen-bond acceptors (Lipinski definition) is 4. The van der Waals surface area contributed by atoms with Crippen LogP contribution in [0.3, 0.4) is 0 Å². The summed E-state index contributed by atoms with van der Waals surface area (Å²) in [5.41, 5.74) is 5.23. The second-order valence-electron chi connectivity index (χ2n) is 2.90. The third-order valence-electron chi connectivity index (χ3n) is 1.64. The van der Waals surface area contributed by atoms with Crippen molar-refractivity contribution >= 4 is 11.9 Å². The monoisotopic (exact) mass is 204 g/mol. The lowest BCUT2D eigenvalue weighted by Gasteiger charge is -2.07. The van der Waals surface area contributed by atoms with Gasteiger partial charge < -0.3 is 21.3 Å². The van der Waals surface area contributed by atoms with Crippen LogP contribution in [-0.2, 0) is 9.59 Å². The maximum absolute atomic E-state index is 11.0. The van der Waals surface area contributed by atoms with E-state index in [2.05, 4.69) is 5.32 Å². The highest BCUT2D eigenvalue weighted by Gasteiger charge is 2.13. The fraction of sp³-hybridized carbons (Fsp3) is 0.750. The van der Waals surface area contributed by atoms with Gasteiger partial charge in [0.2, 0.25) is 5.91 Å². The van der Waals surface area contributed by atoms with Crippen LogP contribution in [0, 0.1) is 0 Å². The standard InChI is InChI=1S/C8H16N2O4/c9-4-2-1-3-7(12)10-5-6(11)8(13)14/h6,11H,1-5,9H2,(H,10,12)(H,13,14)/t6-/m0/s1. The second-order valence-corrected chi connectivity index (χ2v) is 2.90. The van der Waals surface area contributed by atoms with Crippen LogP contribution in [0.2, 0.25) is 0 Å². The molecule has 14 heavy (non-hydrogen) atoms. The lowest BCUT2D eigenvalue weighted by Crippen LogP contribution is -2.36. The summed E-state index contributed by atoms with van der Waals surface area (Å²) in [5.74, 6) is -1.61. The number of carbonyl (C=O) groups is 2. The van der Waals surface area contributed by atoms with Gasteiger partial charge in [-0.3, -0.25) is 4.79 Å². The average Bonchev–Trinajstić information content (AvgIpc) is 2.14. The number of nitrogens with two attached hydrogens (primary N) is 1. The van der Waals surface area contributed by atoms with Gasteiger partial charge in [0, 0.05) is 6.42 Å². The Kier molecular flexibility index (Phi) is 6.69. The summed E-state index contributed by atoms with van der Waals surface area (Å²) in [6.07, 6.45) is 0.206. The van der Waals surface area contributed by atoms with E-state index in [-0.39, 0.29) is 12.5 Å². The molecule has 0 aliphatic rings. The molecule has 0 saturated carbocycles. The highest BCUT2D eigenvalue weighted by atomic mass is 16.4. The molecule has 0 aromatic carbocycles. The molecule has 0 bridgehead atoms. The predicted octanol–water partition coefficient (Wildman–Crippen LogP) is -1.32. The fourth-order valence-electron chi connectivity index (χ4n) is 0.816. The smallest absolute Gasteiger partial charge is 0.334 e. The van der Waals surface area contributed by atoms with Crippen LogP contribution < -0.4 is 11.1 Å². The van der Waals surface area contributed by atoms with Gasteiger partial charge in [0.05, 0.1) is 6.54 Å². The molecule has 0 spiro atoms. The zero-order valence-corrected chi connectivity index (χ0v) is 7.90. The summed E-state index contributed by atoms with van der Waals surface area (Å²) in [7, 11) is 0. The van der Waals surface area contributed by atoms with Gasteiger partial charge >= 0.3 is 5.97 Å². The van der Waals surface area contributed by atoms with Crippen molar-refractivity contribution in [2.45, 2.75) is 25.4 Å². The Labute approximate surface area is 82.1 Å². The van der Waals surface area contributed by atoms with E-state index in [0.717, 1.165) is 6.42 Å². The number of rotatable bonds is 7. The molecular weight excluding hydrogens is 188 g/mol. The van der Waals surface area contributed by atoms with Gasteiger partial charge in [0.15, 0.2) is 6.10 Å². The van der Waals surface area contributed by atoms with Crippen molar-refractivity contribution < 1.29 is 19.8 Å². The van der Waals surface area contributed by atoms with Gasteiger partial charge in [-0.05, 0) is 19.4 Å². The number of hydrogen-bond donors (Lipinski definition) is 4. The van der Waals surface area contributed by atoms with Gasteiger partial charge in [-0.15, -0.1) is 0 Å². The summed E-state index contributed by atoms with van der Waals surface area (Å²) in [4.78, 5) is 21.1. The molecule has 0 radical (unpaired) electrons. The number of carboxylic acid groups (broad SMARTS) is 1. The number of carboxylic acids is 1. The van der Waals surface area contributed by atoms with Crippen LogP contribution in [0.1, 0.15) is 19.3 Å². The van der Waals surface area contributed by atoms with Crippen molar-refractivity contribution in [2.75, 3.05) is 13.1 Å². The zero-order chi connectivity index (χ0) is 11.0. The van der Waals surface area contributed by atoms with Crippen molar-refractivity contribution in [1.29, 1.82) is 0 Å². The molecule has 0 fully saturated rings. The van der Waals surface area contributed by atoms with Gasteiger partial charge in [-0.2, -0.15) is 0 Å². The molecule has 1 amide bonds. The Morgan fingerprint density at radius 2 is 2.00 bits per heavy atom. The third kappa shape index (κ3) is 6.38. The normalized spacial score (nSPS) is 12.1. The van der Waals surface area contributed by atoms with E-state index in [4.69, 9.17) is 15.9 Å². The average molecular weight is 204 g/mol. The topological polar surface area (TPSA) is 113 Å². The van der Waals surface area contributed by atoms with Crippen LogP contribution in [-0.4, -0.2) is 41.3 Å². The number of carbonyl (C=O) groups excluding carboxylic acids is 1. The SMILES string of the molecule is NCCCCC(=O)NC[C@H](O)C(=O)O. The van der Waals surface area contributed by atoms with Crippen molar-refractivity contribution in [3.8, 4) is 0 Å². The number of nitrogens with one attached hydrogen (secondary N) is 1. The van der Waals surface area contributed by atoms with E-state index in [1.807, 2.05) is 0 Å². The lowest BCUT2D eigenvalue weighted by molar-refractivity contribution is -0.146. The molecule has 0 aromatic rings. The molecule has 82 valence electrons. The Morgan fingerprint density at radius 1 is 1.36 bits per heavy atom. The van der Waals surface area contributed by atoms with E-state index in [0.29, 0.717) is 19.4 Å². The molecule has 1 atom stereocenters. The quantitative estimate of drug-likeness (QED) is 0.384. The molecule has 0 saturated heterocycles. The van der Waals surface area contributed by atoms with Gasteiger partial charge in [0.1, 0.15) is 0 Å². The Hall–Kier alpha value is -1.14. The Morgan fingerprint density at radius 3 is 2.50 bits per heavy atom. The first kappa shape index (κ1) is 12.9. The van der Waals surface area contributed by atoms with Crippen LogP contribution in [0.15, 0.2) is 0 Å². The van der Waals surface area contributed by atoms with Crippen molar-refractivity contribution in [1.82, 2.24) is 5.32 Å². The van der Waals surface area contributed by atoms with Crippen LogP contribution in [0.4, 0.5) is 0 Å². The Balaban J connectivity index is 3.48. The molecule has 6 heteroatoms. The summed E-state index contributed by atoms with van der Waals surface area (Å²) < 4.78 is 0. The summed E-state index contributed by atoms with van der Waals surface area (Å²) in [6.45, 7) is 0.280. The van der Waals surface area contributed by atoms with Crippen LogP contribution >= 0.6 is 0 Å². The first-order valence-electron chi connectivity index (χ1n) is 4.45. The van der Waals surface area contributed by atoms with Crippen molar-refractivity contribution in [3.05, 3.63) is 0 Å². The molecule has 0 unspecified atom stereocenters. The molecular formula is C8H16N2O4. The van der Waals surface area contributed by atoms with Gasteiger partial charge in [0.25, 0.3) is 0 Å². The predicted molar refractivity (Wildman–Crippen MR) is 49.6 cm³/mol. The minimum atomic E-state index is -1.53. The number of unbranched alkanes of at least 4 members (excludes halogenated alkanes) is 1. The minimum Gasteiger partial charge on any atom is -0.479 e. The first-order chi connectivity index (χ1) is 6.57. The van der Waals surface area contributed by atoms with E-state index < -0.39 is 12.1 Å². The number of amides is 1. The van der Waals surface area contributed by atoms with Gasteiger partial charge in [-0.1, -0.05) is 0 Å². The van der Waals surface area contributed by atoms with Crippen LogP contribution in [0.25, 0.3) is 0 Å².